The monoisotopic (exact) mass is 333 g/mol. The zero-order chi connectivity index (χ0) is 17.1. The van der Waals surface area contributed by atoms with Crippen LogP contribution in [0.1, 0.15) is 13.8 Å². The Labute approximate surface area is 141 Å². The molecule has 0 aliphatic carbocycles. The number of carbonyl (C=O) groups excluding carboxylic acids is 2. The van der Waals surface area contributed by atoms with E-state index in [-0.39, 0.29) is 17.9 Å². The van der Waals surface area contributed by atoms with Crippen LogP contribution < -0.4 is 14.8 Å². The molecule has 1 atom stereocenters. The van der Waals surface area contributed by atoms with Crippen LogP contribution >= 0.6 is 0 Å². The van der Waals surface area contributed by atoms with Crippen LogP contribution in [0.5, 0.6) is 11.5 Å². The van der Waals surface area contributed by atoms with Gasteiger partial charge in [0.1, 0.15) is 13.2 Å². The fraction of sp³-hybridized carbons (Fsp3) is 0.529. The molecule has 0 saturated carbocycles. The number of hydrogen-bond acceptors (Lipinski definition) is 5. The molecule has 7 nitrogen and oxygen atoms in total. The molecule has 0 radical (unpaired) electrons. The molecule has 130 valence electrons. The molecule has 2 amide bonds. The average Bonchev–Trinajstić information content (AvgIpc) is 2.61. The number of fused-ring (bicyclic) bond motifs is 1. The normalized spacial score (nSPS) is 18.8. The number of amides is 2. The summed E-state index contributed by atoms with van der Waals surface area (Å²) in [5.41, 5.74) is 0.693. The lowest BCUT2D eigenvalue weighted by Crippen LogP contribution is -2.53. The predicted molar refractivity (Wildman–Crippen MR) is 89.4 cm³/mol. The van der Waals surface area contributed by atoms with Crippen LogP contribution in [0.15, 0.2) is 18.2 Å². The van der Waals surface area contributed by atoms with Crippen molar-refractivity contribution in [3.63, 3.8) is 0 Å². The number of piperazine rings is 1. The summed E-state index contributed by atoms with van der Waals surface area (Å²) in [6, 6.07) is 5.14. The molecule has 1 fully saturated rings. The van der Waals surface area contributed by atoms with Gasteiger partial charge in [-0.1, -0.05) is 0 Å². The summed E-state index contributed by atoms with van der Waals surface area (Å²) >= 11 is 0. The number of rotatable bonds is 3. The maximum Gasteiger partial charge on any atom is 0.241 e. The van der Waals surface area contributed by atoms with Crippen LogP contribution in [0.4, 0.5) is 5.69 Å². The molecule has 1 unspecified atom stereocenters. The second-order valence-corrected chi connectivity index (χ2v) is 6.07. The zero-order valence-corrected chi connectivity index (χ0v) is 14.1. The lowest BCUT2D eigenvalue weighted by atomic mass is 10.2. The predicted octanol–water partition coefficient (Wildman–Crippen LogP) is 0.949. The molecule has 1 aromatic rings. The quantitative estimate of drug-likeness (QED) is 0.892. The van der Waals surface area contributed by atoms with Crippen molar-refractivity contribution >= 4 is 17.5 Å². The Bertz CT molecular complexity index is 626. The van der Waals surface area contributed by atoms with E-state index in [1.54, 1.807) is 19.1 Å². The minimum Gasteiger partial charge on any atom is -0.486 e. The molecule has 2 heterocycles. The first-order chi connectivity index (χ1) is 11.5. The Morgan fingerprint density at radius 2 is 1.75 bits per heavy atom. The van der Waals surface area contributed by atoms with E-state index in [0.29, 0.717) is 56.6 Å². The molecule has 3 rings (SSSR count). The summed E-state index contributed by atoms with van der Waals surface area (Å²) < 4.78 is 11.0. The van der Waals surface area contributed by atoms with Gasteiger partial charge in [0, 0.05) is 44.9 Å². The number of anilines is 1. The van der Waals surface area contributed by atoms with E-state index in [0.717, 1.165) is 0 Å². The number of nitrogens with one attached hydrogen (secondary N) is 1. The highest BCUT2D eigenvalue weighted by atomic mass is 16.6. The summed E-state index contributed by atoms with van der Waals surface area (Å²) in [6.45, 7) is 7.26. The van der Waals surface area contributed by atoms with E-state index in [2.05, 4.69) is 10.2 Å². The van der Waals surface area contributed by atoms with Crippen molar-refractivity contribution in [1.29, 1.82) is 0 Å². The molecule has 1 aromatic carbocycles. The summed E-state index contributed by atoms with van der Waals surface area (Å²) in [6.07, 6.45) is 0. The topological polar surface area (TPSA) is 71.1 Å². The molecule has 24 heavy (non-hydrogen) atoms. The largest absolute Gasteiger partial charge is 0.486 e. The maximum atomic E-state index is 12.5. The van der Waals surface area contributed by atoms with Crippen LogP contribution in [0.3, 0.4) is 0 Å². The minimum absolute atomic E-state index is 0.0667. The van der Waals surface area contributed by atoms with E-state index >= 15 is 0 Å². The van der Waals surface area contributed by atoms with Gasteiger partial charge >= 0.3 is 0 Å². The SMILES string of the molecule is CC(=O)N1CCN(C(C)C(=O)Nc2ccc3c(c2)OCCO3)CC1. The van der Waals surface area contributed by atoms with Gasteiger partial charge in [-0.25, -0.2) is 0 Å². The van der Waals surface area contributed by atoms with Crippen molar-refractivity contribution in [2.45, 2.75) is 19.9 Å². The number of ether oxygens (including phenoxy) is 2. The Morgan fingerprint density at radius 3 is 2.42 bits per heavy atom. The third kappa shape index (κ3) is 3.62. The van der Waals surface area contributed by atoms with Gasteiger partial charge < -0.3 is 19.7 Å². The highest BCUT2D eigenvalue weighted by Crippen LogP contribution is 2.32. The van der Waals surface area contributed by atoms with Crippen molar-refractivity contribution in [3.05, 3.63) is 18.2 Å². The van der Waals surface area contributed by atoms with Crippen molar-refractivity contribution < 1.29 is 19.1 Å². The Morgan fingerprint density at radius 1 is 1.08 bits per heavy atom. The number of nitrogens with zero attached hydrogens (tertiary/aromatic N) is 2. The van der Waals surface area contributed by atoms with Crippen LogP contribution in [-0.4, -0.2) is 67.0 Å². The van der Waals surface area contributed by atoms with Gasteiger partial charge in [-0.05, 0) is 19.1 Å². The van der Waals surface area contributed by atoms with Crippen LogP contribution in [-0.2, 0) is 9.59 Å². The van der Waals surface area contributed by atoms with Crippen molar-refractivity contribution in [2.75, 3.05) is 44.7 Å². The molecular formula is C17H23N3O4. The van der Waals surface area contributed by atoms with Crippen molar-refractivity contribution in [1.82, 2.24) is 9.80 Å². The fourth-order valence-corrected chi connectivity index (χ4v) is 2.96. The first kappa shape index (κ1) is 16.6. The fourth-order valence-electron chi connectivity index (χ4n) is 2.96. The highest BCUT2D eigenvalue weighted by Gasteiger charge is 2.26. The van der Waals surface area contributed by atoms with Gasteiger partial charge in [0.05, 0.1) is 6.04 Å². The van der Waals surface area contributed by atoms with Gasteiger partial charge in [-0.2, -0.15) is 0 Å². The van der Waals surface area contributed by atoms with Crippen molar-refractivity contribution in [3.8, 4) is 11.5 Å². The third-order valence-electron chi connectivity index (χ3n) is 4.50. The second kappa shape index (κ2) is 7.09. The molecule has 1 saturated heterocycles. The van der Waals surface area contributed by atoms with Gasteiger partial charge in [0.25, 0.3) is 0 Å². The summed E-state index contributed by atoms with van der Waals surface area (Å²) in [4.78, 5) is 27.8. The first-order valence-corrected chi connectivity index (χ1v) is 8.24. The van der Waals surface area contributed by atoms with E-state index in [9.17, 15) is 9.59 Å². The molecule has 0 spiro atoms. The molecule has 2 aliphatic rings. The molecule has 0 bridgehead atoms. The van der Waals surface area contributed by atoms with Crippen LogP contribution in [0.25, 0.3) is 0 Å². The molecular weight excluding hydrogens is 310 g/mol. The smallest absolute Gasteiger partial charge is 0.241 e. The van der Waals surface area contributed by atoms with Gasteiger partial charge in [-0.3, -0.25) is 14.5 Å². The maximum absolute atomic E-state index is 12.5. The number of carbonyl (C=O) groups is 2. The lowest BCUT2D eigenvalue weighted by Gasteiger charge is -2.37. The van der Waals surface area contributed by atoms with E-state index in [1.165, 1.54) is 0 Å². The number of benzene rings is 1. The standard InChI is InChI=1S/C17H23N3O4/c1-12(19-5-7-20(8-6-19)13(2)21)17(22)18-14-3-4-15-16(11-14)24-10-9-23-15/h3-4,11-12H,5-10H2,1-2H3,(H,18,22). The van der Waals surface area contributed by atoms with Crippen molar-refractivity contribution in [2.24, 2.45) is 0 Å². The summed E-state index contributed by atoms with van der Waals surface area (Å²) in [5.74, 6) is 1.38. The number of hydrogen-bond donors (Lipinski definition) is 1. The van der Waals surface area contributed by atoms with E-state index in [4.69, 9.17) is 9.47 Å². The molecule has 2 aliphatic heterocycles. The molecule has 0 aromatic heterocycles. The minimum atomic E-state index is -0.257. The molecule has 7 heteroatoms. The Hall–Kier alpha value is -2.28. The average molecular weight is 333 g/mol. The highest BCUT2D eigenvalue weighted by molar-refractivity contribution is 5.94. The second-order valence-electron chi connectivity index (χ2n) is 6.07. The zero-order valence-electron chi connectivity index (χ0n) is 14.1. The summed E-state index contributed by atoms with van der Waals surface area (Å²) in [5, 5.41) is 2.93. The van der Waals surface area contributed by atoms with Crippen LogP contribution in [0.2, 0.25) is 0 Å². The van der Waals surface area contributed by atoms with Gasteiger partial charge in [0.2, 0.25) is 11.8 Å². The summed E-state index contributed by atoms with van der Waals surface area (Å²) in [7, 11) is 0. The molecule has 1 N–H and O–H groups in total. The van der Waals surface area contributed by atoms with Gasteiger partial charge in [0.15, 0.2) is 11.5 Å². The van der Waals surface area contributed by atoms with E-state index in [1.807, 2.05) is 17.9 Å². The van der Waals surface area contributed by atoms with Crippen LogP contribution in [0, 0.1) is 0 Å². The Balaban J connectivity index is 1.57. The van der Waals surface area contributed by atoms with E-state index < -0.39 is 0 Å². The first-order valence-electron chi connectivity index (χ1n) is 8.24. The Kier molecular flexibility index (Phi) is 4.89. The lowest BCUT2D eigenvalue weighted by molar-refractivity contribution is -0.131. The van der Waals surface area contributed by atoms with Gasteiger partial charge in [-0.15, -0.1) is 0 Å². The third-order valence-corrected chi connectivity index (χ3v) is 4.50.